The summed E-state index contributed by atoms with van der Waals surface area (Å²) >= 11 is 3.41. The van der Waals surface area contributed by atoms with Gasteiger partial charge >= 0.3 is 0 Å². The van der Waals surface area contributed by atoms with Crippen LogP contribution in [0.25, 0.3) is 0 Å². The Labute approximate surface area is 171 Å². The predicted octanol–water partition coefficient (Wildman–Crippen LogP) is 3.60. The van der Waals surface area contributed by atoms with Crippen LogP contribution in [0.15, 0.2) is 59.5 Å². The minimum absolute atomic E-state index is 0.143. The first-order chi connectivity index (χ1) is 13.7. The zero-order valence-electron chi connectivity index (χ0n) is 15.3. The number of anilines is 2. The maximum absolute atomic E-state index is 12.8. The summed E-state index contributed by atoms with van der Waals surface area (Å²) in [5.74, 6) is 1.16. The van der Waals surface area contributed by atoms with Crippen LogP contribution in [-0.4, -0.2) is 39.0 Å². The van der Waals surface area contributed by atoms with Crippen molar-refractivity contribution in [1.29, 1.82) is 0 Å². The van der Waals surface area contributed by atoms with Crippen LogP contribution in [0.5, 0.6) is 0 Å². The fourth-order valence-electron chi connectivity index (χ4n) is 3.48. The van der Waals surface area contributed by atoms with Crippen LogP contribution < -0.4 is 10.2 Å². The molecule has 0 aliphatic carbocycles. The van der Waals surface area contributed by atoms with Crippen LogP contribution in [0.3, 0.4) is 0 Å². The molecule has 1 aromatic carbocycles. The van der Waals surface area contributed by atoms with Gasteiger partial charge in [-0.1, -0.05) is 21.1 Å². The maximum atomic E-state index is 12.8. The first-order valence-electron chi connectivity index (χ1n) is 9.30. The van der Waals surface area contributed by atoms with E-state index < -0.39 is 0 Å². The van der Waals surface area contributed by atoms with Crippen molar-refractivity contribution < 1.29 is 4.79 Å². The number of rotatable bonds is 5. The quantitative estimate of drug-likeness (QED) is 0.655. The Morgan fingerprint density at radius 1 is 1.14 bits per heavy atom. The van der Waals surface area contributed by atoms with Crippen molar-refractivity contribution in [3.63, 3.8) is 0 Å². The standard InChI is InChI=1S/C20H21BrN6O/c21-16-3-5-17(6-4-16)24-20(28)18-2-1-9-22-19(18)26-11-7-15(8-12-26)14-27-13-10-23-25-27/h1-6,9-10,13,15H,7-8,11-12,14H2,(H,24,28). The van der Waals surface area contributed by atoms with E-state index in [0.29, 0.717) is 11.5 Å². The van der Waals surface area contributed by atoms with Gasteiger partial charge in [0.05, 0.1) is 11.8 Å². The highest BCUT2D eigenvalue weighted by molar-refractivity contribution is 9.10. The Hall–Kier alpha value is -2.74. The van der Waals surface area contributed by atoms with Gasteiger partial charge in [0.2, 0.25) is 0 Å². The summed E-state index contributed by atoms with van der Waals surface area (Å²) in [6.07, 6.45) is 7.41. The Morgan fingerprint density at radius 2 is 1.93 bits per heavy atom. The van der Waals surface area contributed by atoms with Crippen molar-refractivity contribution in [3.8, 4) is 0 Å². The lowest BCUT2D eigenvalue weighted by Gasteiger charge is -2.33. The smallest absolute Gasteiger partial charge is 0.259 e. The van der Waals surface area contributed by atoms with Gasteiger partial charge in [0, 0.05) is 42.2 Å². The molecule has 0 spiro atoms. The summed E-state index contributed by atoms with van der Waals surface area (Å²) < 4.78 is 2.86. The third-order valence-corrected chi connectivity index (χ3v) is 5.49. The molecule has 28 heavy (non-hydrogen) atoms. The van der Waals surface area contributed by atoms with E-state index in [1.807, 2.05) is 41.2 Å². The number of pyridine rings is 1. The Kier molecular flexibility index (Phi) is 5.66. The SMILES string of the molecule is O=C(Nc1ccc(Br)cc1)c1cccnc1N1CCC(Cn2ccnn2)CC1. The molecule has 0 unspecified atom stereocenters. The lowest BCUT2D eigenvalue weighted by atomic mass is 9.96. The topological polar surface area (TPSA) is 75.9 Å². The first kappa shape index (κ1) is 18.6. The van der Waals surface area contributed by atoms with Crippen molar-refractivity contribution in [2.24, 2.45) is 5.92 Å². The van der Waals surface area contributed by atoms with Crippen molar-refractivity contribution >= 4 is 33.3 Å². The van der Waals surface area contributed by atoms with E-state index in [-0.39, 0.29) is 5.91 Å². The number of carbonyl (C=O) groups is 1. The molecule has 0 radical (unpaired) electrons. The third kappa shape index (κ3) is 4.39. The molecule has 1 N–H and O–H groups in total. The second-order valence-corrected chi connectivity index (χ2v) is 7.81. The van der Waals surface area contributed by atoms with E-state index in [1.165, 1.54) is 0 Å². The fraction of sp³-hybridized carbons (Fsp3) is 0.300. The molecule has 1 saturated heterocycles. The van der Waals surface area contributed by atoms with Gasteiger partial charge in [-0.2, -0.15) is 0 Å². The van der Waals surface area contributed by atoms with Crippen molar-refractivity contribution in [3.05, 3.63) is 65.0 Å². The lowest BCUT2D eigenvalue weighted by molar-refractivity contribution is 0.102. The molecule has 2 aromatic heterocycles. The normalized spacial score (nSPS) is 14.8. The molecular weight excluding hydrogens is 420 g/mol. The summed E-state index contributed by atoms with van der Waals surface area (Å²) in [6.45, 7) is 2.62. The van der Waals surface area contributed by atoms with Crippen LogP contribution in [0.2, 0.25) is 0 Å². The molecule has 1 amide bonds. The number of amides is 1. The van der Waals surface area contributed by atoms with Gasteiger partial charge in [-0.15, -0.1) is 5.10 Å². The van der Waals surface area contributed by atoms with E-state index in [4.69, 9.17) is 0 Å². The van der Waals surface area contributed by atoms with E-state index in [9.17, 15) is 4.79 Å². The number of halogens is 1. The number of nitrogens with zero attached hydrogens (tertiary/aromatic N) is 5. The summed E-state index contributed by atoms with van der Waals surface area (Å²) in [6, 6.07) is 11.2. The second kappa shape index (κ2) is 8.52. The molecular formula is C20H21BrN6O. The van der Waals surface area contributed by atoms with Crippen molar-refractivity contribution in [2.75, 3.05) is 23.3 Å². The van der Waals surface area contributed by atoms with Gasteiger partial charge in [0.1, 0.15) is 5.82 Å². The first-order valence-corrected chi connectivity index (χ1v) is 10.1. The molecule has 8 heteroatoms. The molecule has 7 nitrogen and oxygen atoms in total. The van der Waals surface area contributed by atoms with E-state index >= 15 is 0 Å². The zero-order chi connectivity index (χ0) is 19.3. The van der Waals surface area contributed by atoms with Gasteiger partial charge in [0.15, 0.2) is 0 Å². The van der Waals surface area contributed by atoms with Gasteiger partial charge in [-0.25, -0.2) is 4.98 Å². The Morgan fingerprint density at radius 3 is 2.64 bits per heavy atom. The predicted molar refractivity (Wildman–Crippen MR) is 111 cm³/mol. The summed E-state index contributed by atoms with van der Waals surface area (Å²) in [7, 11) is 0. The number of carbonyl (C=O) groups excluding carboxylic acids is 1. The van der Waals surface area contributed by atoms with Gasteiger partial charge < -0.3 is 10.2 Å². The molecule has 1 fully saturated rings. The average molecular weight is 441 g/mol. The summed E-state index contributed by atoms with van der Waals surface area (Å²) in [5.41, 5.74) is 1.36. The van der Waals surface area contributed by atoms with E-state index in [1.54, 1.807) is 18.5 Å². The maximum Gasteiger partial charge on any atom is 0.259 e. The average Bonchev–Trinajstić information content (AvgIpc) is 3.23. The molecule has 1 aliphatic heterocycles. The highest BCUT2D eigenvalue weighted by atomic mass is 79.9. The van der Waals surface area contributed by atoms with Crippen molar-refractivity contribution in [1.82, 2.24) is 20.0 Å². The highest BCUT2D eigenvalue weighted by Gasteiger charge is 2.24. The van der Waals surface area contributed by atoms with Gasteiger partial charge in [0.25, 0.3) is 5.91 Å². The number of aromatic nitrogens is 4. The molecule has 0 atom stereocenters. The largest absolute Gasteiger partial charge is 0.356 e. The Bertz CT molecular complexity index is 920. The number of nitrogens with one attached hydrogen (secondary N) is 1. The van der Waals surface area contributed by atoms with Crippen molar-refractivity contribution in [2.45, 2.75) is 19.4 Å². The van der Waals surface area contributed by atoms with Gasteiger partial charge in [-0.3, -0.25) is 9.48 Å². The zero-order valence-corrected chi connectivity index (χ0v) is 16.9. The number of hydrogen-bond acceptors (Lipinski definition) is 5. The van der Waals surface area contributed by atoms with Crippen LogP contribution in [0.1, 0.15) is 23.2 Å². The van der Waals surface area contributed by atoms with Crippen LogP contribution in [-0.2, 0) is 6.54 Å². The molecule has 0 saturated carbocycles. The number of benzene rings is 1. The summed E-state index contributed by atoms with van der Waals surface area (Å²) in [5, 5.41) is 10.9. The van der Waals surface area contributed by atoms with Crippen LogP contribution in [0, 0.1) is 5.92 Å². The molecule has 1 aliphatic rings. The molecule has 0 bridgehead atoms. The molecule has 3 heterocycles. The summed E-state index contributed by atoms with van der Waals surface area (Å²) in [4.78, 5) is 19.5. The second-order valence-electron chi connectivity index (χ2n) is 6.89. The molecule has 3 aromatic rings. The number of hydrogen-bond donors (Lipinski definition) is 1. The monoisotopic (exact) mass is 440 g/mol. The lowest BCUT2D eigenvalue weighted by Crippen LogP contribution is -2.36. The minimum Gasteiger partial charge on any atom is -0.356 e. The van der Waals surface area contributed by atoms with Gasteiger partial charge in [-0.05, 0) is 55.2 Å². The van der Waals surface area contributed by atoms with E-state index in [0.717, 1.165) is 48.5 Å². The third-order valence-electron chi connectivity index (χ3n) is 4.96. The van der Waals surface area contributed by atoms with E-state index in [2.05, 4.69) is 41.4 Å². The minimum atomic E-state index is -0.143. The Balaban J connectivity index is 1.43. The van der Waals surface area contributed by atoms with Crippen LogP contribution >= 0.6 is 15.9 Å². The fourth-order valence-corrected chi connectivity index (χ4v) is 3.74. The molecule has 144 valence electrons. The molecule has 4 rings (SSSR count). The highest BCUT2D eigenvalue weighted by Crippen LogP contribution is 2.26. The number of piperidine rings is 1. The van der Waals surface area contributed by atoms with Crippen LogP contribution in [0.4, 0.5) is 11.5 Å².